The molecule has 0 bridgehead atoms. The molecule has 0 aliphatic carbocycles. The van der Waals surface area contributed by atoms with Crippen molar-refractivity contribution >= 4 is 0 Å². The predicted molar refractivity (Wildman–Crippen MR) is 79.6 cm³/mol. The zero-order valence-electron chi connectivity index (χ0n) is 12.8. The number of morpholine rings is 1. The highest BCUT2D eigenvalue weighted by Crippen LogP contribution is 2.02. The van der Waals surface area contributed by atoms with Gasteiger partial charge in [-0.25, -0.2) is 0 Å². The smallest absolute Gasteiger partial charge is 0.0594 e. The van der Waals surface area contributed by atoms with Crippen LogP contribution in [0.3, 0.4) is 0 Å². The lowest BCUT2D eigenvalue weighted by molar-refractivity contribution is 0.0374. The molecule has 0 aromatic heterocycles. The summed E-state index contributed by atoms with van der Waals surface area (Å²) in [5.74, 6) is 0.793. The van der Waals surface area contributed by atoms with Gasteiger partial charge in [-0.3, -0.25) is 4.90 Å². The van der Waals surface area contributed by atoms with Crippen LogP contribution in [0.25, 0.3) is 0 Å². The summed E-state index contributed by atoms with van der Waals surface area (Å²) in [6, 6.07) is 0. The Morgan fingerprint density at radius 3 is 2.63 bits per heavy atom. The summed E-state index contributed by atoms with van der Waals surface area (Å²) in [5, 5.41) is 3.44. The molecular formula is C15H32N2O2. The van der Waals surface area contributed by atoms with Gasteiger partial charge in [-0.2, -0.15) is 0 Å². The lowest BCUT2D eigenvalue weighted by atomic mass is 10.1. The largest absolute Gasteiger partial charge is 0.380 e. The second-order valence-electron chi connectivity index (χ2n) is 5.71. The molecule has 4 heteroatoms. The topological polar surface area (TPSA) is 33.7 Å². The normalized spacial score (nSPS) is 17.2. The van der Waals surface area contributed by atoms with Crippen LogP contribution in [0.15, 0.2) is 0 Å². The van der Waals surface area contributed by atoms with E-state index in [2.05, 4.69) is 24.1 Å². The minimum absolute atomic E-state index is 0.793. The van der Waals surface area contributed by atoms with Gasteiger partial charge in [0.25, 0.3) is 0 Å². The van der Waals surface area contributed by atoms with Crippen LogP contribution in [-0.2, 0) is 9.47 Å². The van der Waals surface area contributed by atoms with Gasteiger partial charge in [0.05, 0.1) is 19.8 Å². The molecule has 114 valence electrons. The van der Waals surface area contributed by atoms with E-state index in [1.165, 1.54) is 25.8 Å². The monoisotopic (exact) mass is 272 g/mol. The Morgan fingerprint density at radius 1 is 1.11 bits per heavy atom. The van der Waals surface area contributed by atoms with Crippen LogP contribution in [0.4, 0.5) is 0 Å². The van der Waals surface area contributed by atoms with Crippen molar-refractivity contribution in [1.82, 2.24) is 10.2 Å². The van der Waals surface area contributed by atoms with Gasteiger partial charge in [-0.15, -0.1) is 0 Å². The molecule has 1 rings (SSSR count). The van der Waals surface area contributed by atoms with Gasteiger partial charge in [-0.1, -0.05) is 13.8 Å². The second-order valence-corrected chi connectivity index (χ2v) is 5.71. The van der Waals surface area contributed by atoms with E-state index < -0.39 is 0 Å². The van der Waals surface area contributed by atoms with Crippen molar-refractivity contribution in [3.63, 3.8) is 0 Å². The second kappa shape index (κ2) is 11.6. The van der Waals surface area contributed by atoms with Crippen molar-refractivity contribution in [2.45, 2.75) is 33.1 Å². The van der Waals surface area contributed by atoms with Gasteiger partial charge in [-0.05, 0) is 38.3 Å². The van der Waals surface area contributed by atoms with Gasteiger partial charge >= 0.3 is 0 Å². The van der Waals surface area contributed by atoms with Crippen LogP contribution in [0.5, 0.6) is 0 Å². The molecule has 4 nitrogen and oxygen atoms in total. The van der Waals surface area contributed by atoms with E-state index in [0.717, 1.165) is 58.5 Å². The van der Waals surface area contributed by atoms with Gasteiger partial charge in [0.15, 0.2) is 0 Å². The van der Waals surface area contributed by atoms with E-state index in [4.69, 9.17) is 9.47 Å². The third-order valence-corrected chi connectivity index (χ3v) is 3.42. The van der Waals surface area contributed by atoms with Crippen LogP contribution in [0.2, 0.25) is 0 Å². The first-order valence-corrected chi connectivity index (χ1v) is 7.87. The fourth-order valence-corrected chi connectivity index (χ4v) is 2.22. The Kier molecular flexibility index (Phi) is 10.4. The summed E-state index contributed by atoms with van der Waals surface area (Å²) in [6.45, 7) is 13.5. The molecule has 1 saturated heterocycles. The summed E-state index contributed by atoms with van der Waals surface area (Å²) < 4.78 is 10.9. The molecular weight excluding hydrogens is 240 g/mol. The average Bonchev–Trinajstić information content (AvgIpc) is 2.42. The molecule has 0 radical (unpaired) electrons. The predicted octanol–water partition coefficient (Wildman–Crippen LogP) is 1.75. The van der Waals surface area contributed by atoms with Crippen molar-refractivity contribution in [2.75, 3.05) is 59.2 Å². The summed E-state index contributed by atoms with van der Waals surface area (Å²) in [7, 11) is 0. The van der Waals surface area contributed by atoms with E-state index in [1.807, 2.05) is 0 Å². The molecule has 0 amide bonds. The van der Waals surface area contributed by atoms with Crippen LogP contribution in [0.1, 0.15) is 33.1 Å². The van der Waals surface area contributed by atoms with Gasteiger partial charge in [0.1, 0.15) is 0 Å². The number of nitrogens with zero attached hydrogens (tertiary/aromatic N) is 1. The molecule has 1 aliphatic rings. The molecule has 1 fully saturated rings. The van der Waals surface area contributed by atoms with E-state index in [0.29, 0.717) is 0 Å². The lowest BCUT2D eigenvalue weighted by Crippen LogP contribution is -2.37. The molecule has 0 aromatic rings. The van der Waals surface area contributed by atoms with E-state index >= 15 is 0 Å². The molecule has 1 heterocycles. The molecule has 0 unspecified atom stereocenters. The molecule has 1 N–H and O–H groups in total. The summed E-state index contributed by atoms with van der Waals surface area (Å²) >= 11 is 0. The molecule has 0 spiro atoms. The van der Waals surface area contributed by atoms with E-state index in [1.54, 1.807) is 0 Å². The van der Waals surface area contributed by atoms with Crippen LogP contribution >= 0.6 is 0 Å². The van der Waals surface area contributed by atoms with Gasteiger partial charge < -0.3 is 14.8 Å². The molecule has 19 heavy (non-hydrogen) atoms. The first-order chi connectivity index (χ1) is 9.29. The Balaban J connectivity index is 1.73. The van der Waals surface area contributed by atoms with Crippen molar-refractivity contribution < 1.29 is 9.47 Å². The fraction of sp³-hybridized carbons (Fsp3) is 1.00. The third kappa shape index (κ3) is 10.3. The highest BCUT2D eigenvalue weighted by Gasteiger charge is 2.08. The van der Waals surface area contributed by atoms with Crippen LogP contribution in [-0.4, -0.2) is 64.1 Å². The van der Waals surface area contributed by atoms with Gasteiger partial charge in [0.2, 0.25) is 0 Å². The number of hydrogen-bond donors (Lipinski definition) is 1. The Morgan fingerprint density at radius 2 is 1.89 bits per heavy atom. The Labute approximate surface area is 118 Å². The SMILES string of the molecule is CC(C)CCCOCCNCCCN1CCOCC1. The summed E-state index contributed by atoms with van der Waals surface area (Å²) in [4.78, 5) is 2.48. The first kappa shape index (κ1) is 16.9. The fourth-order valence-electron chi connectivity index (χ4n) is 2.22. The highest BCUT2D eigenvalue weighted by molar-refractivity contribution is 4.62. The van der Waals surface area contributed by atoms with E-state index in [9.17, 15) is 0 Å². The number of rotatable bonds is 11. The molecule has 0 atom stereocenters. The molecule has 1 aliphatic heterocycles. The van der Waals surface area contributed by atoms with Crippen molar-refractivity contribution in [2.24, 2.45) is 5.92 Å². The molecule has 0 aromatic carbocycles. The lowest BCUT2D eigenvalue weighted by Gasteiger charge is -2.26. The van der Waals surface area contributed by atoms with Gasteiger partial charge in [0, 0.05) is 26.2 Å². The molecule has 0 saturated carbocycles. The standard InChI is InChI=1S/C15H32N2O2/c1-15(2)5-3-11-18-12-7-16-6-4-8-17-9-13-19-14-10-17/h15-16H,3-14H2,1-2H3. The van der Waals surface area contributed by atoms with Crippen molar-refractivity contribution in [3.8, 4) is 0 Å². The van der Waals surface area contributed by atoms with E-state index in [-0.39, 0.29) is 0 Å². The van der Waals surface area contributed by atoms with Crippen molar-refractivity contribution in [1.29, 1.82) is 0 Å². The van der Waals surface area contributed by atoms with Crippen LogP contribution < -0.4 is 5.32 Å². The zero-order chi connectivity index (χ0) is 13.8. The third-order valence-electron chi connectivity index (χ3n) is 3.42. The van der Waals surface area contributed by atoms with Crippen molar-refractivity contribution in [3.05, 3.63) is 0 Å². The number of ether oxygens (including phenoxy) is 2. The maximum atomic E-state index is 5.59. The maximum absolute atomic E-state index is 5.59. The first-order valence-electron chi connectivity index (χ1n) is 7.87. The number of nitrogens with one attached hydrogen (secondary N) is 1. The summed E-state index contributed by atoms with van der Waals surface area (Å²) in [5.41, 5.74) is 0. The minimum atomic E-state index is 0.793. The Bertz CT molecular complexity index is 195. The Hall–Kier alpha value is -0.160. The van der Waals surface area contributed by atoms with Crippen LogP contribution in [0, 0.1) is 5.92 Å². The zero-order valence-corrected chi connectivity index (χ0v) is 12.8. The summed E-state index contributed by atoms with van der Waals surface area (Å²) in [6.07, 6.45) is 3.68. The number of hydrogen-bond acceptors (Lipinski definition) is 4. The highest BCUT2D eigenvalue weighted by atomic mass is 16.5. The maximum Gasteiger partial charge on any atom is 0.0594 e. The minimum Gasteiger partial charge on any atom is -0.380 e. The average molecular weight is 272 g/mol. The quantitative estimate of drug-likeness (QED) is 0.581.